The van der Waals surface area contributed by atoms with Crippen LogP contribution in [0.1, 0.15) is 48.2 Å². The van der Waals surface area contributed by atoms with E-state index in [0.717, 1.165) is 11.3 Å². The SMILES string of the molecule is C[C@@H]1CN(c2cc(F)c(C3=CCCN(c4ncc(N)s4)CC3)cc2NC(=O)c2c[nH]c(=O)cc2C(F)(F)F)C[C@H](C)N1C. The van der Waals surface area contributed by atoms with Crippen LogP contribution in [0.25, 0.3) is 5.57 Å². The summed E-state index contributed by atoms with van der Waals surface area (Å²) in [6.07, 6.45) is 0.433. The second-order valence-corrected chi connectivity index (χ2v) is 12.0. The number of H-pyrrole nitrogens is 1. The highest BCUT2D eigenvalue weighted by molar-refractivity contribution is 7.19. The van der Waals surface area contributed by atoms with E-state index < -0.39 is 34.6 Å². The van der Waals surface area contributed by atoms with Crippen molar-refractivity contribution in [3.8, 4) is 0 Å². The largest absolute Gasteiger partial charge is 0.417 e. The first-order chi connectivity index (χ1) is 20.3. The second-order valence-electron chi connectivity index (χ2n) is 11.0. The fourth-order valence-corrected chi connectivity index (χ4v) is 6.31. The zero-order valence-electron chi connectivity index (χ0n) is 24.0. The maximum Gasteiger partial charge on any atom is 0.417 e. The van der Waals surface area contributed by atoms with E-state index in [-0.39, 0.29) is 23.3 Å². The van der Waals surface area contributed by atoms with Gasteiger partial charge in [0.2, 0.25) is 5.56 Å². The number of nitrogens with one attached hydrogen (secondary N) is 2. The average Bonchev–Trinajstić information content (AvgIpc) is 3.23. The van der Waals surface area contributed by atoms with Crippen LogP contribution in [0.3, 0.4) is 0 Å². The molecule has 1 aromatic carbocycles. The van der Waals surface area contributed by atoms with Gasteiger partial charge in [-0.15, -0.1) is 0 Å². The van der Waals surface area contributed by atoms with Crippen molar-refractivity contribution in [3.05, 3.63) is 69.5 Å². The highest BCUT2D eigenvalue weighted by Gasteiger charge is 2.36. The van der Waals surface area contributed by atoms with E-state index >= 15 is 4.39 Å². The third kappa shape index (κ3) is 6.54. The number of carbonyl (C=O) groups excluding carboxylic acids is 1. The van der Waals surface area contributed by atoms with Crippen molar-refractivity contribution >= 4 is 44.3 Å². The van der Waals surface area contributed by atoms with Gasteiger partial charge in [0.15, 0.2) is 5.13 Å². The van der Waals surface area contributed by atoms with Crippen molar-refractivity contribution in [1.82, 2.24) is 14.9 Å². The number of benzene rings is 1. The molecule has 0 radical (unpaired) electrons. The lowest BCUT2D eigenvalue weighted by Gasteiger charge is -2.44. The van der Waals surface area contributed by atoms with Crippen LogP contribution in [0.5, 0.6) is 0 Å². The fraction of sp³-hybridized carbons (Fsp3) is 0.414. The summed E-state index contributed by atoms with van der Waals surface area (Å²) in [4.78, 5) is 37.7. The molecule has 230 valence electrons. The molecule has 2 atom stereocenters. The molecule has 0 spiro atoms. The molecule has 14 heteroatoms. The monoisotopic (exact) mass is 619 g/mol. The Hall–Kier alpha value is -3.91. The van der Waals surface area contributed by atoms with Crippen LogP contribution >= 0.6 is 11.3 Å². The number of nitrogen functional groups attached to an aromatic ring is 1. The van der Waals surface area contributed by atoms with Crippen LogP contribution in [0.2, 0.25) is 0 Å². The number of hydrogen-bond acceptors (Lipinski definition) is 8. The summed E-state index contributed by atoms with van der Waals surface area (Å²) in [6, 6.07) is 3.40. The Morgan fingerprint density at radius 1 is 1.14 bits per heavy atom. The van der Waals surface area contributed by atoms with Crippen LogP contribution in [-0.4, -0.2) is 66.1 Å². The Balaban J connectivity index is 1.52. The Labute approximate surface area is 250 Å². The lowest BCUT2D eigenvalue weighted by atomic mass is 9.98. The summed E-state index contributed by atoms with van der Waals surface area (Å²) >= 11 is 1.37. The third-order valence-corrected chi connectivity index (χ3v) is 8.96. The minimum atomic E-state index is -4.93. The minimum absolute atomic E-state index is 0.0986. The first kappa shape index (κ1) is 30.5. The molecule has 5 rings (SSSR count). The molecule has 4 heterocycles. The number of pyridine rings is 1. The Morgan fingerprint density at radius 3 is 2.51 bits per heavy atom. The van der Waals surface area contributed by atoms with Gasteiger partial charge in [-0.1, -0.05) is 17.4 Å². The lowest BCUT2D eigenvalue weighted by Crippen LogP contribution is -2.55. The van der Waals surface area contributed by atoms with E-state index in [4.69, 9.17) is 5.73 Å². The first-order valence-corrected chi connectivity index (χ1v) is 14.7. The van der Waals surface area contributed by atoms with Gasteiger partial charge in [0, 0.05) is 56.1 Å². The number of nitrogens with zero attached hydrogens (tertiary/aromatic N) is 4. The third-order valence-electron chi connectivity index (χ3n) is 8.08. The highest BCUT2D eigenvalue weighted by Crippen LogP contribution is 2.38. The quantitative estimate of drug-likeness (QED) is 0.344. The van der Waals surface area contributed by atoms with Gasteiger partial charge >= 0.3 is 6.18 Å². The molecular weight excluding hydrogens is 586 g/mol. The van der Waals surface area contributed by atoms with E-state index in [1.807, 2.05) is 31.9 Å². The number of amides is 1. The number of anilines is 4. The predicted octanol–water partition coefficient (Wildman–Crippen LogP) is 5.04. The molecule has 2 aromatic heterocycles. The summed E-state index contributed by atoms with van der Waals surface area (Å²) in [5.41, 5.74) is 4.29. The van der Waals surface area contributed by atoms with Crippen molar-refractivity contribution in [2.75, 3.05) is 54.1 Å². The molecule has 1 amide bonds. The predicted molar refractivity (Wildman–Crippen MR) is 161 cm³/mol. The summed E-state index contributed by atoms with van der Waals surface area (Å²) in [5.74, 6) is -1.56. The van der Waals surface area contributed by atoms with Crippen molar-refractivity contribution in [2.24, 2.45) is 0 Å². The Morgan fingerprint density at radius 2 is 1.86 bits per heavy atom. The number of thiazole rings is 1. The number of carbonyl (C=O) groups is 1. The van der Waals surface area contributed by atoms with Gasteiger partial charge in [0.1, 0.15) is 10.8 Å². The van der Waals surface area contributed by atoms with E-state index in [1.54, 1.807) is 6.20 Å². The number of likely N-dealkylation sites (N-methyl/N-ethyl adjacent to an activating group) is 1. The van der Waals surface area contributed by atoms with Gasteiger partial charge in [-0.2, -0.15) is 13.2 Å². The number of rotatable bonds is 5. The van der Waals surface area contributed by atoms with Crippen LogP contribution in [0.4, 0.5) is 39.1 Å². The number of hydrogen-bond donors (Lipinski definition) is 3. The van der Waals surface area contributed by atoms with Crippen molar-refractivity contribution in [3.63, 3.8) is 0 Å². The van der Waals surface area contributed by atoms with Crippen LogP contribution < -0.4 is 26.4 Å². The lowest BCUT2D eigenvalue weighted by molar-refractivity contribution is -0.138. The molecule has 1 saturated heterocycles. The number of aromatic amines is 1. The number of alkyl halides is 3. The molecule has 2 aliphatic heterocycles. The van der Waals surface area contributed by atoms with Crippen LogP contribution in [0, 0.1) is 5.82 Å². The van der Waals surface area contributed by atoms with E-state index in [2.05, 4.69) is 25.1 Å². The fourth-order valence-electron chi connectivity index (χ4n) is 5.58. The van der Waals surface area contributed by atoms with Crippen LogP contribution in [0.15, 0.2) is 41.5 Å². The van der Waals surface area contributed by atoms with Gasteiger partial charge in [-0.25, -0.2) is 9.37 Å². The van der Waals surface area contributed by atoms with E-state index in [9.17, 15) is 22.8 Å². The van der Waals surface area contributed by atoms with Gasteiger partial charge in [0.05, 0.1) is 28.7 Å². The molecule has 0 aliphatic carbocycles. The molecule has 0 unspecified atom stereocenters. The molecule has 2 aliphatic rings. The average molecular weight is 620 g/mol. The molecule has 9 nitrogen and oxygen atoms in total. The first-order valence-electron chi connectivity index (χ1n) is 13.9. The summed E-state index contributed by atoms with van der Waals surface area (Å²) in [5, 5.41) is 3.98. The number of piperazine rings is 1. The van der Waals surface area contributed by atoms with Crippen molar-refractivity contribution in [1.29, 1.82) is 0 Å². The summed E-state index contributed by atoms with van der Waals surface area (Å²) in [7, 11) is 2.00. The summed E-state index contributed by atoms with van der Waals surface area (Å²) in [6.45, 7) is 6.30. The molecule has 0 bridgehead atoms. The van der Waals surface area contributed by atoms with Crippen LogP contribution in [-0.2, 0) is 6.18 Å². The number of halogens is 4. The van der Waals surface area contributed by atoms with Gasteiger partial charge < -0.3 is 25.8 Å². The standard InChI is InChI=1S/C29H33F4N7O2S/c1-16-14-40(15-17(2)38(16)3)24-11-22(30)19(18-5-4-7-39(8-6-18)28-36-13-25(34)43-28)9-23(24)37-27(42)20-12-35-26(41)10-21(20)29(31,32)33/h5,9-13,16-17H,4,6-8,14-15,34H2,1-3H3,(H,35,41)(H,37,42)/t16-,17+. The molecule has 4 N–H and O–H groups in total. The van der Waals surface area contributed by atoms with Crippen molar-refractivity contribution in [2.45, 2.75) is 44.9 Å². The molecule has 3 aromatic rings. The Kier molecular flexibility index (Phi) is 8.52. The maximum absolute atomic E-state index is 15.9. The van der Waals surface area contributed by atoms with Crippen molar-refractivity contribution < 1.29 is 22.4 Å². The van der Waals surface area contributed by atoms with Gasteiger partial charge in [-0.3, -0.25) is 14.5 Å². The number of nitrogens with two attached hydrogens (primary N) is 1. The molecular formula is C29H33F4N7O2S. The summed E-state index contributed by atoms with van der Waals surface area (Å²) < 4.78 is 57.2. The zero-order valence-corrected chi connectivity index (χ0v) is 24.8. The smallest absolute Gasteiger partial charge is 0.389 e. The highest BCUT2D eigenvalue weighted by atomic mass is 32.1. The van der Waals surface area contributed by atoms with E-state index in [1.165, 1.54) is 23.5 Å². The van der Waals surface area contributed by atoms with Gasteiger partial charge in [-0.05, 0) is 51.4 Å². The van der Waals surface area contributed by atoms with Gasteiger partial charge in [0.25, 0.3) is 5.91 Å². The second kappa shape index (κ2) is 12.0. The molecule has 0 saturated carbocycles. The maximum atomic E-state index is 15.9. The minimum Gasteiger partial charge on any atom is -0.389 e. The normalized spacial score (nSPS) is 20.1. The molecule has 1 fully saturated rings. The molecule has 43 heavy (non-hydrogen) atoms. The Bertz CT molecular complexity index is 1590. The number of aromatic nitrogens is 2. The zero-order chi connectivity index (χ0) is 31.1. The van der Waals surface area contributed by atoms with E-state index in [0.29, 0.717) is 61.3 Å². The topological polar surface area (TPSA) is 111 Å².